The molecule has 2 aromatic heterocycles. The van der Waals surface area contributed by atoms with Gasteiger partial charge in [-0.25, -0.2) is 0 Å². The van der Waals surface area contributed by atoms with Crippen molar-refractivity contribution in [2.45, 2.75) is 0 Å². The van der Waals surface area contributed by atoms with E-state index < -0.39 is 0 Å². The molecule has 2 heterocycles. The first-order valence-corrected chi connectivity index (χ1v) is 16.0. The van der Waals surface area contributed by atoms with Gasteiger partial charge in [-0.3, -0.25) is 0 Å². The molecule has 0 atom stereocenters. The number of aromatic nitrogens is 1. The first kappa shape index (κ1) is 26.0. The minimum absolute atomic E-state index is 0.900. The normalized spacial score (nSPS) is 11.8. The average molecular weight is 601 g/mol. The molecule has 10 rings (SSSR count). The Kier molecular flexibility index (Phi) is 5.57. The van der Waals surface area contributed by atoms with Crippen LogP contribution in [0.3, 0.4) is 0 Å². The highest BCUT2D eigenvalue weighted by atomic mass is 16.3. The van der Waals surface area contributed by atoms with Gasteiger partial charge < -0.3 is 13.9 Å². The average Bonchev–Trinajstić information content (AvgIpc) is 3.68. The zero-order valence-corrected chi connectivity index (χ0v) is 25.5. The predicted molar refractivity (Wildman–Crippen MR) is 198 cm³/mol. The summed E-state index contributed by atoms with van der Waals surface area (Å²) in [7, 11) is 0. The van der Waals surface area contributed by atoms with Gasteiger partial charge in [0.15, 0.2) is 0 Å². The second kappa shape index (κ2) is 10.1. The Balaban J connectivity index is 1.24. The quantitative estimate of drug-likeness (QED) is 0.200. The van der Waals surface area contributed by atoms with Gasteiger partial charge in [-0.2, -0.15) is 0 Å². The van der Waals surface area contributed by atoms with Crippen LogP contribution in [-0.2, 0) is 0 Å². The van der Waals surface area contributed by atoms with E-state index in [1.165, 1.54) is 32.6 Å². The third-order valence-corrected chi connectivity index (χ3v) is 9.56. The van der Waals surface area contributed by atoms with Crippen LogP contribution < -0.4 is 4.90 Å². The van der Waals surface area contributed by atoms with E-state index in [9.17, 15) is 0 Å². The third kappa shape index (κ3) is 3.87. The Hall–Kier alpha value is -6.32. The van der Waals surface area contributed by atoms with Crippen LogP contribution in [-0.4, -0.2) is 4.57 Å². The predicted octanol–water partition coefficient (Wildman–Crippen LogP) is 12.5. The fourth-order valence-corrected chi connectivity index (χ4v) is 7.48. The van der Waals surface area contributed by atoms with E-state index in [1.807, 2.05) is 6.07 Å². The topological polar surface area (TPSA) is 21.3 Å². The zero-order valence-electron chi connectivity index (χ0n) is 25.5. The molecular weight excluding hydrogens is 572 g/mol. The summed E-state index contributed by atoms with van der Waals surface area (Å²) in [4.78, 5) is 2.40. The van der Waals surface area contributed by atoms with E-state index in [-0.39, 0.29) is 0 Å². The molecule has 0 amide bonds. The van der Waals surface area contributed by atoms with E-state index in [0.29, 0.717) is 0 Å². The Morgan fingerprint density at radius 2 is 1.00 bits per heavy atom. The van der Waals surface area contributed by atoms with Gasteiger partial charge in [-0.15, -0.1) is 0 Å². The van der Waals surface area contributed by atoms with Crippen molar-refractivity contribution in [3.05, 3.63) is 170 Å². The molecule has 10 aromatic rings. The molecule has 0 fully saturated rings. The van der Waals surface area contributed by atoms with Gasteiger partial charge in [-0.1, -0.05) is 109 Å². The van der Waals surface area contributed by atoms with E-state index >= 15 is 0 Å². The van der Waals surface area contributed by atoms with Crippen LogP contribution in [0.1, 0.15) is 0 Å². The molecule has 0 spiro atoms. The summed E-state index contributed by atoms with van der Waals surface area (Å²) in [5, 5.41) is 9.40. The number of furan rings is 1. The van der Waals surface area contributed by atoms with Crippen LogP contribution in [0.2, 0.25) is 0 Å². The van der Waals surface area contributed by atoms with Crippen molar-refractivity contribution in [1.82, 2.24) is 4.57 Å². The van der Waals surface area contributed by atoms with Crippen molar-refractivity contribution < 1.29 is 4.42 Å². The first-order valence-electron chi connectivity index (χ1n) is 16.0. The first-order chi connectivity index (χ1) is 23.3. The molecule has 0 bridgehead atoms. The maximum atomic E-state index is 6.64. The summed E-state index contributed by atoms with van der Waals surface area (Å²) < 4.78 is 9.00. The Labute approximate surface area is 271 Å². The van der Waals surface area contributed by atoms with E-state index in [1.54, 1.807) is 0 Å². The lowest BCUT2D eigenvalue weighted by Gasteiger charge is -2.28. The monoisotopic (exact) mass is 600 g/mol. The standard InChI is InChI=1S/C44H28N2O/c1-2-14-33-29(11-1)12-9-20-38(33)46(41-21-10-13-30-23-28-37-36-17-5-8-22-42(36)47-44(37)43(30)41)32-26-24-31(25-27-32)45-39-18-6-3-15-34(39)35-16-4-7-19-40(35)45/h1-28H. The molecule has 0 saturated heterocycles. The number of para-hydroxylation sites is 3. The summed E-state index contributed by atoms with van der Waals surface area (Å²) >= 11 is 0. The number of nitrogens with zero attached hydrogens (tertiary/aromatic N) is 2. The molecule has 0 aliphatic rings. The molecule has 220 valence electrons. The van der Waals surface area contributed by atoms with Crippen molar-refractivity contribution in [3.63, 3.8) is 0 Å². The van der Waals surface area contributed by atoms with E-state index in [4.69, 9.17) is 4.42 Å². The molecular formula is C44H28N2O. The van der Waals surface area contributed by atoms with Crippen molar-refractivity contribution in [2.24, 2.45) is 0 Å². The van der Waals surface area contributed by atoms with Gasteiger partial charge in [0.25, 0.3) is 0 Å². The van der Waals surface area contributed by atoms with Crippen LogP contribution in [0.15, 0.2) is 174 Å². The molecule has 0 aliphatic heterocycles. The van der Waals surface area contributed by atoms with E-state index in [0.717, 1.165) is 55.5 Å². The minimum Gasteiger partial charge on any atom is -0.455 e. The number of rotatable bonds is 4. The minimum atomic E-state index is 0.900. The molecule has 8 aromatic carbocycles. The second-order valence-corrected chi connectivity index (χ2v) is 12.1. The number of hydrogen-bond acceptors (Lipinski definition) is 2. The van der Waals surface area contributed by atoms with E-state index in [2.05, 4.69) is 173 Å². The van der Waals surface area contributed by atoms with Crippen LogP contribution in [0, 0.1) is 0 Å². The molecule has 3 heteroatoms. The molecule has 47 heavy (non-hydrogen) atoms. The lowest BCUT2D eigenvalue weighted by atomic mass is 10.0. The van der Waals surface area contributed by atoms with Crippen molar-refractivity contribution in [2.75, 3.05) is 4.90 Å². The second-order valence-electron chi connectivity index (χ2n) is 12.1. The maximum absolute atomic E-state index is 6.64. The maximum Gasteiger partial charge on any atom is 0.145 e. The highest BCUT2D eigenvalue weighted by Gasteiger charge is 2.21. The third-order valence-electron chi connectivity index (χ3n) is 9.56. The van der Waals surface area contributed by atoms with Gasteiger partial charge >= 0.3 is 0 Å². The molecule has 0 N–H and O–H groups in total. The van der Waals surface area contributed by atoms with Crippen LogP contribution in [0.25, 0.3) is 71.0 Å². The van der Waals surface area contributed by atoms with Crippen LogP contribution in [0.4, 0.5) is 17.1 Å². The summed E-state index contributed by atoms with van der Waals surface area (Å²) in [6.07, 6.45) is 0. The smallest absolute Gasteiger partial charge is 0.145 e. The van der Waals surface area contributed by atoms with Crippen molar-refractivity contribution in [1.29, 1.82) is 0 Å². The Bertz CT molecular complexity index is 2740. The Morgan fingerprint density at radius 1 is 0.404 bits per heavy atom. The number of fused-ring (bicyclic) bond motifs is 9. The number of hydrogen-bond donors (Lipinski definition) is 0. The lowest BCUT2D eigenvalue weighted by Crippen LogP contribution is -2.11. The lowest BCUT2D eigenvalue weighted by molar-refractivity contribution is 0.672. The molecule has 0 radical (unpaired) electrons. The molecule has 0 unspecified atom stereocenters. The summed E-state index contributed by atoms with van der Waals surface area (Å²) in [5.74, 6) is 0. The fourth-order valence-electron chi connectivity index (χ4n) is 7.48. The molecule has 0 aliphatic carbocycles. The van der Waals surface area contributed by atoms with Crippen LogP contribution >= 0.6 is 0 Å². The highest BCUT2D eigenvalue weighted by Crippen LogP contribution is 2.45. The van der Waals surface area contributed by atoms with Gasteiger partial charge in [0, 0.05) is 43.7 Å². The fraction of sp³-hybridized carbons (Fsp3) is 0. The summed E-state index contributed by atoms with van der Waals surface area (Å²) in [6.45, 7) is 0. The van der Waals surface area contributed by atoms with Crippen molar-refractivity contribution in [3.8, 4) is 5.69 Å². The SMILES string of the molecule is c1ccc2c(N(c3ccc(-n4c5ccccc5c5ccccc54)cc3)c3cccc4ccc5c6ccccc6oc5c34)cccc2c1. The van der Waals surface area contributed by atoms with Crippen LogP contribution in [0.5, 0.6) is 0 Å². The van der Waals surface area contributed by atoms with Crippen molar-refractivity contribution >= 4 is 82.4 Å². The molecule has 3 nitrogen and oxygen atoms in total. The number of anilines is 3. The number of benzene rings is 8. The van der Waals surface area contributed by atoms with Gasteiger partial charge in [0.1, 0.15) is 11.2 Å². The van der Waals surface area contributed by atoms with Gasteiger partial charge in [0.2, 0.25) is 0 Å². The Morgan fingerprint density at radius 3 is 1.77 bits per heavy atom. The summed E-state index contributed by atoms with van der Waals surface area (Å²) in [6, 6.07) is 60.8. The zero-order chi connectivity index (χ0) is 30.9. The largest absolute Gasteiger partial charge is 0.455 e. The highest BCUT2D eigenvalue weighted by molar-refractivity contribution is 6.20. The van der Waals surface area contributed by atoms with Gasteiger partial charge in [-0.05, 0) is 71.4 Å². The van der Waals surface area contributed by atoms with Gasteiger partial charge in [0.05, 0.1) is 22.4 Å². The summed E-state index contributed by atoms with van der Waals surface area (Å²) in [5.41, 5.74) is 8.61. The molecule has 0 saturated carbocycles.